The third-order valence-corrected chi connectivity index (χ3v) is 5.88. The lowest BCUT2D eigenvalue weighted by molar-refractivity contribution is 0.501. The van der Waals surface area contributed by atoms with E-state index in [2.05, 4.69) is 21.2 Å². The summed E-state index contributed by atoms with van der Waals surface area (Å²) in [5.41, 5.74) is 0.780. The SMILES string of the molecule is CC1CNC(c2ccc(F)cc2Br)CS1(=O)=O. The van der Waals surface area contributed by atoms with E-state index in [1.54, 1.807) is 13.0 Å². The highest BCUT2D eigenvalue weighted by Crippen LogP contribution is 2.28. The smallest absolute Gasteiger partial charge is 0.156 e. The Morgan fingerprint density at radius 2 is 2.18 bits per heavy atom. The maximum atomic E-state index is 13.0. The molecule has 0 amide bonds. The first-order chi connectivity index (χ1) is 7.90. The maximum absolute atomic E-state index is 13.0. The molecule has 0 spiro atoms. The first kappa shape index (κ1) is 13.0. The molecule has 2 unspecified atom stereocenters. The zero-order valence-corrected chi connectivity index (χ0v) is 11.7. The molecule has 1 aliphatic rings. The zero-order valence-electron chi connectivity index (χ0n) is 9.28. The molecule has 3 nitrogen and oxygen atoms in total. The first-order valence-corrected chi connectivity index (χ1v) is 7.81. The van der Waals surface area contributed by atoms with Gasteiger partial charge in [-0.2, -0.15) is 0 Å². The Hall–Kier alpha value is -0.460. The van der Waals surface area contributed by atoms with Crippen LogP contribution >= 0.6 is 15.9 Å². The van der Waals surface area contributed by atoms with Crippen LogP contribution in [0.4, 0.5) is 4.39 Å². The summed E-state index contributed by atoms with van der Waals surface area (Å²) in [6, 6.07) is 4.03. The van der Waals surface area contributed by atoms with Crippen LogP contribution in [-0.4, -0.2) is 26.0 Å². The molecule has 17 heavy (non-hydrogen) atoms. The zero-order chi connectivity index (χ0) is 12.6. The minimum absolute atomic E-state index is 0.0540. The van der Waals surface area contributed by atoms with Crippen LogP contribution in [0.2, 0.25) is 0 Å². The van der Waals surface area contributed by atoms with Crippen LogP contribution in [-0.2, 0) is 9.84 Å². The molecule has 1 N–H and O–H groups in total. The van der Waals surface area contributed by atoms with Gasteiger partial charge < -0.3 is 5.32 Å². The van der Waals surface area contributed by atoms with E-state index in [1.165, 1.54) is 12.1 Å². The van der Waals surface area contributed by atoms with Crippen molar-refractivity contribution in [2.45, 2.75) is 18.2 Å². The third kappa shape index (κ3) is 2.69. The van der Waals surface area contributed by atoms with Crippen molar-refractivity contribution in [1.29, 1.82) is 0 Å². The van der Waals surface area contributed by atoms with Crippen LogP contribution in [0, 0.1) is 5.82 Å². The summed E-state index contributed by atoms with van der Waals surface area (Å²) in [7, 11) is -3.06. The molecule has 0 bridgehead atoms. The summed E-state index contributed by atoms with van der Waals surface area (Å²) in [6.07, 6.45) is 0. The fourth-order valence-electron chi connectivity index (χ4n) is 1.87. The van der Waals surface area contributed by atoms with Gasteiger partial charge in [0.2, 0.25) is 0 Å². The van der Waals surface area contributed by atoms with Crippen molar-refractivity contribution in [3.8, 4) is 0 Å². The second-order valence-corrected chi connectivity index (χ2v) is 7.58. The largest absolute Gasteiger partial charge is 0.308 e. The van der Waals surface area contributed by atoms with E-state index >= 15 is 0 Å². The summed E-state index contributed by atoms with van der Waals surface area (Å²) >= 11 is 3.26. The normalized spacial score (nSPS) is 27.9. The van der Waals surface area contributed by atoms with Gasteiger partial charge in [0, 0.05) is 17.1 Å². The Labute approximate surface area is 108 Å². The van der Waals surface area contributed by atoms with Gasteiger partial charge in [-0.25, -0.2) is 12.8 Å². The lowest BCUT2D eigenvalue weighted by atomic mass is 10.1. The average molecular weight is 322 g/mol. The molecule has 6 heteroatoms. The molecule has 1 aliphatic heterocycles. The highest BCUT2D eigenvalue weighted by atomic mass is 79.9. The molecule has 2 rings (SSSR count). The maximum Gasteiger partial charge on any atom is 0.156 e. The molecular weight excluding hydrogens is 309 g/mol. The molecular formula is C11H13BrFNO2S. The van der Waals surface area contributed by atoms with Crippen LogP contribution in [0.5, 0.6) is 0 Å². The molecule has 1 heterocycles. The Kier molecular flexibility index (Phi) is 3.56. The lowest BCUT2D eigenvalue weighted by Gasteiger charge is -2.28. The minimum Gasteiger partial charge on any atom is -0.308 e. The fraction of sp³-hybridized carbons (Fsp3) is 0.455. The molecule has 1 saturated heterocycles. The number of hydrogen-bond donors (Lipinski definition) is 1. The van der Waals surface area contributed by atoms with Crippen molar-refractivity contribution in [3.63, 3.8) is 0 Å². The number of halogens is 2. The number of hydrogen-bond acceptors (Lipinski definition) is 3. The van der Waals surface area contributed by atoms with Gasteiger partial charge >= 0.3 is 0 Å². The van der Waals surface area contributed by atoms with Gasteiger partial charge in [-0.3, -0.25) is 0 Å². The Morgan fingerprint density at radius 3 is 2.76 bits per heavy atom. The van der Waals surface area contributed by atoms with Crippen LogP contribution < -0.4 is 5.32 Å². The van der Waals surface area contributed by atoms with Crippen molar-refractivity contribution < 1.29 is 12.8 Å². The molecule has 94 valence electrons. The molecule has 1 aromatic rings. The lowest BCUT2D eigenvalue weighted by Crippen LogP contribution is -2.44. The second kappa shape index (κ2) is 4.66. The molecule has 2 atom stereocenters. The molecule has 0 radical (unpaired) electrons. The molecule has 1 aromatic carbocycles. The number of benzene rings is 1. The Morgan fingerprint density at radius 1 is 1.47 bits per heavy atom. The van der Waals surface area contributed by atoms with Crippen LogP contribution in [0.25, 0.3) is 0 Å². The predicted octanol–water partition coefficient (Wildman–Crippen LogP) is 2.04. The van der Waals surface area contributed by atoms with Crippen molar-refractivity contribution in [3.05, 3.63) is 34.1 Å². The van der Waals surface area contributed by atoms with E-state index in [0.717, 1.165) is 5.56 Å². The highest BCUT2D eigenvalue weighted by Gasteiger charge is 2.32. The van der Waals surface area contributed by atoms with Gasteiger partial charge in [-0.05, 0) is 24.6 Å². The summed E-state index contributed by atoms with van der Waals surface area (Å²) < 4.78 is 37.2. The van der Waals surface area contributed by atoms with Crippen molar-refractivity contribution >= 4 is 25.8 Å². The van der Waals surface area contributed by atoms with Gasteiger partial charge in [-0.15, -0.1) is 0 Å². The molecule has 1 fully saturated rings. The summed E-state index contributed by atoms with van der Waals surface area (Å²) in [5, 5.41) is 2.81. The number of nitrogens with one attached hydrogen (secondary N) is 1. The minimum atomic E-state index is -3.06. The molecule has 0 saturated carbocycles. The third-order valence-electron chi connectivity index (χ3n) is 3.00. The molecule has 0 aromatic heterocycles. The summed E-state index contributed by atoms with van der Waals surface area (Å²) in [4.78, 5) is 0. The fourth-order valence-corrected chi connectivity index (χ4v) is 3.94. The van der Waals surface area contributed by atoms with Gasteiger partial charge in [0.05, 0.1) is 11.0 Å². The van der Waals surface area contributed by atoms with Gasteiger partial charge in [0.1, 0.15) is 5.82 Å². The Bertz CT molecular complexity index is 532. The first-order valence-electron chi connectivity index (χ1n) is 5.30. The van der Waals surface area contributed by atoms with Crippen LogP contribution in [0.3, 0.4) is 0 Å². The summed E-state index contributed by atoms with van der Waals surface area (Å²) in [6.45, 7) is 2.12. The second-order valence-electron chi connectivity index (χ2n) is 4.27. The van der Waals surface area contributed by atoms with Crippen LogP contribution in [0.1, 0.15) is 18.5 Å². The van der Waals surface area contributed by atoms with Crippen LogP contribution in [0.15, 0.2) is 22.7 Å². The van der Waals surface area contributed by atoms with Crippen molar-refractivity contribution in [2.24, 2.45) is 0 Å². The van der Waals surface area contributed by atoms with Gasteiger partial charge in [0.15, 0.2) is 9.84 Å². The van der Waals surface area contributed by atoms with Gasteiger partial charge in [0.25, 0.3) is 0 Å². The van der Waals surface area contributed by atoms with E-state index < -0.39 is 9.84 Å². The van der Waals surface area contributed by atoms with Gasteiger partial charge in [-0.1, -0.05) is 22.0 Å². The standard InChI is InChI=1S/C11H13BrFNO2S/c1-7-5-14-11(6-17(7,15)16)9-3-2-8(13)4-10(9)12/h2-4,7,11,14H,5-6H2,1H3. The number of rotatable bonds is 1. The quantitative estimate of drug-likeness (QED) is 0.861. The van der Waals surface area contributed by atoms with Crippen molar-refractivity contribution in [2.75, 3.05) is 12.3 Å². The topological polar surface area (TPSA) is 46.2 Å². The summed E-state index contributed by atoms with van der Waals surface area (Å²) in [5.74, 6) is -0.286. The van der Waals surface area contributed by atoms with Crippen molar-refractivity contribution in [1.82, 2.24) is 5.32 Å². The highest BCUT2D eigenvalue weighted by molar-refractivity contribution is 9.10. The Balaban J connectivity index is 2.30. The monoisotopic (exact) mass is 321 g/mol. The van der Waals surface area contributed by atoms with E-state index in [4.69, 9.17) is 0 Å². The van der Waals surface area contributed by atoms with E-state index in [0.29, 0.717) is 11.0 Å². The molecule has 0 aliphatic carbocycles. The van der Waals surface area contributed by atoms with E-state index in [9.17, 15) is 12.8 Å². The van der Waals surface area contributed by atoms with E-state index in [1.807, 2.05) is 0 Å². The van der Waals surface area contributed by atoms with E-state index in [-0.39, 0.29) is 22.9 Å². The average Bonchev–Trinajstić information content (AvgIpc) is 2.22. The number of sulfone groups is 1. The predicted molar refractivity (Wildman–Crippen MR) is 68.1 cm³/mol.